The summed E-state index contributed by atoms with van der Waals surface area (Å²) in [7, 11) is 0. The molecular formula is C23H17ClFN3O2. The third kappa shape index (κ3) is 4.23. The molecular weight excluding hydrogens is 405 g/mol. The number of carbonyl (C=O) groups excluding carboxylic acids is 1. The van der Waals surface area contributed by atoms with Gasteiger partial charge in [0.1, 0.15) is 11.6 Å². The number of aromatic nitrogens is 2. The molecule has 0 aliphatic carbocycles. The van der Waals surface area contributed by atoms with Crippen LogP contribution in [0.3, 0.4) is 0 Å². The van der Waals surface area contributed by atoms with Gasteiger partial charge in [0.2, 0.25) is 0 Å². The SMILES string of the molecule is O=C(c1cc(Cl)ccc1F)N(Cc1ccccc1)Cc1nc2ccccc2c(=O)[nH]1. The fourth-order valence-electron chi connectivity index (χ4n) is 3.23. The lowest BCUT2D eigenvalue weighted by Gasteiger charge is -2.23. The van der Waals surface area contributed by atoms with Gasteiger partial charge < -0.3 is 9.88 Å². The van der Waals surface area contributed by atoms with Gasteiger partial charge >= 0.3 is 0 Å². The molecule has 0 aliphatic rings. The van der Waals surface area contributed by atoms with Crippen molar-refractivity contribution < 1.29 is 9.18 Å². The first kappa shape index (κ1) is 19.8. The van der Waals surface area contributed by atoms with E-state index in [4.69, 9.17) is 11.6 Å². The number of amides is 1. The Balaban J connectivity index is 1.73. The third-order valence-corrected chi connectivity index (χ3v) is 4.90. The van der Waals surface area contributed by atoms with Crippen LogP contribution in [0.15, 0.2) is 77.6 Å². The molecule has 3 aromatic carbocycles. The van der Waals surface area contributed by atoms with E-state index in [0.717, 1.165) is 11.6 Å². The van der Waals surface area contributed by atoms with Crippen molar-refractivity contribution in [2.24, 2.45) is 0 Å². The molecule has 1 aromatic heterocycles. The highest BCUT2D eigenvalue weighted by Crippen LogP contribution is 2.19. The van der Waals surface area contributed by atoms with Gasteiger partial charge in [-0.1, -0.05) is 54.1 Å². The molecule has 0 radical (unpaired) electrons. The highest BCUT2D eigenvalue weighted by molar-refractivity contribution is 6.31. The highest BCUT2D eigenvalue weighted by Gasteiger charge is 2.21. The molecule has 1 heterocycles. The number of aromatic amines is 1. The smallest absolute Gasteiger partial charge is 0.258 e. The maximum atomic E-state index is 14.4. The fraction of sp³-hybridized carbons (Fsp3) is 0.0870. The molecule has 0 saturated heterocycles. The number of rotatable bonds is 5. The lowest BCUT2D eigenvalue weighted by atomic mass is 10.1. The average molecular weight is 422 g/mol. The van der Waals surface area contributed by atoms with Crippen molar-refractivity contribution in [2.75, 3.05) is 0 Å². The standard InChI is InChI=1S/C23H17ClFN3O2/c24-16-10-11-19(25)18(12-16)23(30)28(13-15-6-2-1-3-7-15)14-21-26-20-9-5-4-8-17(20)22(29)27-21/h1-12H,13-14H2,(H,26,27,29). The number of benzene rings is 3. The maximum absolute atomic E-state index is 14.4. The first-order valence-corrected chi connectivity index (χ1v) is 9.65. The normalized spacial score (nSPS) is 10.9. The molecule has 4 aromatic rings. The number of hydrogen-bond donors (Lipinski definition) is 1. The van der Waals surface area contributed by atoms with Gasteiger partial charge in [0.25, 0.3) is 11.5 Å². The molecule has 1 amide bonds. The second kappa shape index (κ2) is 8.47. The van der Waals surface area contributed by atoms with Crippen LogP contribution in [-0.2, 0) is 13.1 Å². The summed E-state index contributed by atoms with van der Waals surface area (Å²) in [6.07, 6.45) is 0. The minimum Gasteiger partial charge on any atom is -0.327 e. The molecule has 0 spiro atoms. The summed E-state index contributed by atoms with van der Waals surface area (Å²) < 4.78 is 14.4. The molecule has 7 heteroatoms. The van der Waals surface area contributed by atoms with Crippen molar-refractivity contribution in [1.82, 2.24) is 14.9 Å². The van der Waals surface area contributed by atoms with E-state index in [1.807, 2.05) is 30.3 Å². The number of H-pyrrole nitrogens is 1. The second-order valence-electron chi connectivity index (χ2n) is 6.80. The Morgan fingerprint density at radius 1 is 1.00 bits per heavy atom. The van der Waals surface area contributed by atoms with Crippen molar-refractivity contribution in [3.8, 4) is 0 Å². The Kier molecular flexibility index (Phi) is 5.59. The van der Waals surface area contributed by atoms with E-state index < -0.39 is 11.7 Å². The van der Waals surface area contributed by atoms with Crippen molar-refractivity contribution in [3.63, 3.8) is 0 Å². The van der Waals surface area contributed by atoms with Gasteiger partial charge in [-0.25, -0.2) is 9.37 Å². The molecule has 1 N–H and O–H groups in total. The summed E-state index contributed by atoms with van der Waals surface area (Å²) in [5, 5.41) is 0.722. The summed E-state index contributed by atoms with van der Waals surface area (Å²) in [5.41, 5.74) is 0.951. The van der Waals surface area contributed by atoms with E-state index >= 15 is 0 Å². The molecule has 0 fully saturated rings. The summed E-state index contributed by atoms with van der Waals surface area (Å²) in [6, 6.07) is 20.1. The average Bonchev–Trinajstić information content (AvgIpc) is 2.75. The maximum Gasteiger partial charge on any atom is 0.258 e. The lowest BCUT2D eigenvalue weighted by Crippen LogP contribution is -2.32. The van der Waals surface area contributed by atoms with Gasteiger partial charge in [-0.2, -0.15) is 0 Å². The Labute approximate surface area is 176 Å². The quantitative estimate of drug-likeness (QED) is 0.513. The van der Waals surface area contributed by atoms with Gasteiger partial charge in [-0.05, 0) is 35.9 Å². The Hall–Kier alpha value is -3.51. The summed E-state index contributed by atoms with van der Waals surface area (Å²) in [6.45, 7) is 0.210. The minimum absolute atomic E-state index is 0.000243. The molecule has 4 rings (SSSR count). The minimum atomic E-state index is -0.664. The predicted molar refractivity (Wildman–Crippen MR) is 114 cm³/mol. The number of para-hydroxylation sites is 1. The largest absolute Gasteiger partial charge is 0.327 e. The predicted octanol–water partition coefficient (Wildman–Crippen LogP) is 4.56. The zero-order valence-corrected chi connectivity index (χ0v) is 16.6. The van der Waals surface area contributed by atoms with Crippen molar-refractivity contribution >= 4 is 28.4 Å². The van der Waals surface area contributed by atoms with E-state index in [0.29, 0.717) is 16.7 Å². The molecule has 0 atom stereocenters. The second-order valence-corrected chi connectivity index (χ2v) is 7.24. The van der Waals surface area contributed by atoms with Gasteiger partial charge in [-0.3, -0.25) is 9.59 Å². The van der Waals surface area contributed by atoms with Crippen molar-refractivity contribution in [2.45, 2.75) is 13.1 Å². The first-order valence-electron chi connectivity index (χ1n) is 9.27. The van der Waals surface area contributed by atoms with Crippen LogP contribution in [0, 0.1) is 5.82 Å². The third-order valence-electron chi connectivity index (χ3n) is 4.66. The number of nitrogens with one attached hydrogen (secondary N) is 1. The Morgan fingerprint density at radius 2 is 1.73 bits per heavy atom. The topological polar surface area (TPSA) is 66.1 Å². The molecule has 5 nitrogen and oxygen atoms in total. The van der Waals surface area contributed by atoms with Gasteiger partial charge in [-0.15, -0.1) is 0 Å². The van der Waals surface area contributed by atoms with Crippen LogP contribution < -0.4 is 5.56 Å². The molecule has 0 saturated carbocycles. The van der Waals surface area contributed by atoms with Crippen LogP contribution >= 0.6 is 11.6 Å². The van der Waals surface area contributed by atoms with E-state index in [1.165, 1.54) is 17.0 Å². The molecule has 0 unspecified atom stereocenters. The number of fused-ring (bicyclic) bond motifs is 1. The number of halogens is 2. The number of carbonyl (C=O) groups is 1. The molecule has 150 valence electrons. The fourth-order valence-corrected chi connectivity index (χ4v) is 3.40. The molecule has 0 bridgehead atoms. The van der Waals surface area contributed by atoms with Gasteiger partial charge in [0, 0.05) is 11.6 Å². The van der Waals surface area contributed by atoms with Crippen LogP contribution in [-0.4, -0.2) is 20.8 Å². The van der Waals surface area contributed by atoms with E-state index in [2.05, 4.69) is 9.97 Å². The lowest BCUT2D eigenvalue weighted by molar-refractivity contribution is 0.0720. The monoisotopic (exact) mass is 421 g/mol. The van der Waals surface area contributed by atoms with E-state index in [-0.39, 0.29) is 29.2 Å². The Morgan fingerprint density at radius 3 is 2.53 bits per heavy atom. The summed E-state index contributed by atoms with van der Waals surface area (Å²) >= 11 is 5.97. The number of nitrogens with zero attached hydrogens (tertiary/aromatic N) is 2. The van der Waals surface area contributed by atoms with Crippen LogP contribution in [0.4, 0.5) is 4.39 Å². The van der Waals surface area contributed by atoms with Crippen molar-refractivity contribution in [3.05, 3.63) is 111 Å². The van der Waals surface area contributed by atoms with E-state index in [1.54, 1.807) is 24.3 Å². The van der Waals surface area contributed by atoms with Crippen LogP contribution in [0.25, 0.3) is 10.9 Å². The van der Waals surface area contributed by atoms with Gasteiger partial charge in [0.05, 0.1) is 23.0 Å². The number of hydrogen-bond acceptors (Lipinski definition) is 3. The van der Waals surface area contributed by atoms with Gasteiger partial charge in [0.15, 0.2) is 0 Å². The van der Waals surface area contributed by atoms with Crippen LogP contribution in [0.5, 0.6) is 0 Å². The summed E-state index contributed by atoms with van der Waals surface area (Å²) in [4.78, 5) is 34.2. The van der Waals surface area contributed by atoms with Crippen LogP contribution in [0.1, 0.15) is 21.7 Å². The zero-order chi connectivity index (χ0) is 21.1. The highest BCUT2D eigenvalue weighted by atomic mass is 35.5. The molecule has 0 aliphatic heterocycles. The Bertz CT molecular complexity index is 1270. The van der Waals surface area contributed by atoms with E-state index in [9.17, 15) is 14.0 Å². The van der Waals surface area contributed by atoms with Crippen LogP contribution in [0.2, 0.25) is 5.02 Å². The first-order chi connectivity index (χ1) is 14.5. The zero-order valence-electron chi connectivity index (χ0n) is 15.8. The summed E-state index contributed by atoms with van der Waals surface area (Å²) in [5.74, 6) is -0.900. The van der Waals surface area contributed by atoms with Crippen molar-refractivity contribution in [1.29, 1.82) is 0 Å². The molecule has 30 heavy (non-hydrogen) atoms.